The Labute approximate surface area is 59.4 Å². The molecule has 58 valence electrons. The third-order valence-corrected chi connectivity index (χ3v) is 0.889. The van der Waals surface area contributed by atoms with Gasteiger partial charge < -0.3 is 10.3 Å². The van der Waals surface area contributed by atoms with E-state index in [0.717, 1.165) is 0 Å². The van der Waals surface area contributed by atoms with Crippen LogP contribution in [0.3, 0.4) is 0 Å². The molecular formula is C6H11NO3. The summed E-state index contributed by atoms with van der Waals surface area (Å²) in [4.78, 5) is 9.96. The van der Waals surface area contributed by atoms with Crippen LogP contribution in [-0.4, -0.2) is 27.6 Å². The largest absolute Gasteiger partial charge is 0.623 e. The van der Waals surface area contributed by atoms with Gasteiger partial charge in [-0.15, -0.1) is 0 Å². The molecular weight excluding hydrogens is 134 g/mol. The molecule has 0 unspecified atom stereocenters. The molecule has 0 aromatic carbocycles. The fraction of sp³-hybridized carbons (Fsp3) is 0.667. The lowest BCUT2D eigenvalue weighted by molar-refractivity contribution is -0.530. The summed E-state index contributed by atoms with van der Waals surface area (Å²) >= 11 is 0. The molecule has 0 rings (SSSR count). The first kappa shape index (κ1) is 8.94. The normalized spacial score (nSPS) is 13.3. The van der Waals surface area contributed by atoms with Crippen LogP contribution in [0.5, 0.6) is 0 Å². The van der Waals surface area contributed by atoms with E-state index in [0.29, 0.717) is 11.0 Å². The van der Waals surface area contributed by atoms with Crippen molar-refractivity contribution in [1.29, 1.82) is 0 Å². The van der Waals surface area contributed by atoms with Gasteiger partial charge in [0.1, 0.15) is 0 Å². The van der Waals surface area contributed by atoms with Gasteiger partial charge in [-0.1, -0.05) is 0 Å². The van der Waals surface area contributed by atoms with E-state index in [9.17, 15) is 10.0 Å². The summed E-state index contributed by atoms with van der Waals surface area (Å²) in [6.45, 7) is 4.92. The zero-order valence-electron chi connectivity index (χ0n) is 6.29. The zero-order chi connectivity index (χ0) is 8.36. The van der Waals surface area contributed by atoms with Gasteiger partial charge in [-0.2, -0.15) is 0 Å². The summed E-state index contributed by atoms with van der Waals surface area (Å²) in [6, 6.07) is 0. The number of rotatable bonds is 1. The standard InChI is InChI=1S/C6H11NO3/c1-6(2,3)7(10)4-5(8)9/h4H,1-3H3,(H,8,9)/b7-4-. The predicted octanol–water partition coefficient (Wildman–Crippen LogP) is 0.451. The molecule has 0 aliphatic carbocycles. The van der Waals surface area contributed by atoms with E-state index in [1.807, 2.05) is 0 Å². The van der Waals surface area contributed by atoms with Crippen LogP contribution in [0.25, 0.3) is 0 Å². The quantitative estimate of drug-likeness (QED) is 0.252. The summed E-state index contributed by atoms with van der Waals surface area (Å²) in [5.74, 6) is -1.22. The fourth-order valence-corrected chi connectivity index (χ4v) is 0.294. The van der Waals surface area contributed by atoms with E-state index >= 15 is 0 Å². The van der Waals surface area contributed by atoms with E-state index in [1.165, 1.54) is 0 Å². The van der Waals surface area contributed by atoms with Gasteiger partial charge in [0, 0.05) is 20.8 Å². The van der Waals surface area contributed by atoms with Gasteiger partial charge in [-0.05, 0) is 0 Å². The lowest BCUT2D eigenvalue weighted by atomic mass is 10.1. The molecule has 0 aliphatic rings. The molecule has 0 heterocycles. The van der Waals surface area contributed by atoms with Crippen LogP contribution in [0, 0.1) is 5.21 Å². The Kier molecular flexibility index (Phi) is 2.40. The van der Waals surface area contributed by atoms with Crippen LogP contribution >= 0.6 is 0 Å². The van der Waals surface area contributed by atoms with E-state index in [2.05, 4.69) is 0 Å². The Hall–Kier alpha value is -1.06. The Morgan fingerprint density at radius 1 is 1.60 bits per heavy atom. The molecule has 10 heavy (non-hydrogen) atoms. The molecule has 1 N–H and O–H groups in total. The average Bonchev–Trinajstić information content (AvgIpc) is 1.60. The Balaban J connectivity index is 4.35. The average molecular weight is 145 g/mol. The summed E-state index contributed by atoms with van der Waals surface area (Å²) in [7, 11) is 0. The molecule has 0 spiro atoms. The van der Waals surface area contributed by atoms with Gasteiger partial charge in [-0.25, -0.2) is 9.53 Å². The van der Waals surface area contributed by atoms with Crippen molar-refractivity contribution >= 4 is 12.2 Å². The highest BCUT2D eigenvalue weighted by Crippen LogP contribution is 2.03. The number of hydroxylamine groups is 1. The smallest absolute Gasteiger partial charge is 0.394 e. The van der Waals surface area contributed by atoms with E-state index in [-0.39, 0.29) is 0 Å². The minimum Gasteiger partial charge on any atom is -0.623 e. The van der Waals surface area contributed by atoms with Crippen LogP contribution in [0.15, 0.2) is 0 Å². The van der Waals surface area contributed by atoms with Crippen molar-refractivity contribution in [2.75, 3.05) is 0 Å². The highest BCUT2D eigenvalue weighted by atomic mass is 16.5. The van der Waals surface area contributed by atoms with Crippen LogP contribution in [0.1, 0.15) is 20.8 Å². The highest BCUT2D eigenvalue weighted by molar-refractivity contribution is 6.19. The number of carboxylic acids is 1. The van der Waals surface area contributed by atoms with Gasteiger partial charge in [0.15, 0.2) is 5.54 Å². The van der Waals surface area contributed by atoms with E-state index in [4.69, 9.17) is 5.11 Å². The minimum atomic E-state index is -1.22. The first-order chi connectivity index (χ1) is 4.34. The highest BCUT2D eigenvalue weighted by Gasteiger charge is 2.18. The maximum Gasteiger partial charge on any atom is 0.394 e. The lowest BCUT2D eigenvalue weighted by Gasteiger charge is -2.17. The van der Waals surface area contributed by atoms with E-state index in [1.54, 1.807) is 20.8 Å². The van der Waals surface area contributed by atoms with Crippen molar-refractivity contribution in [1.82, 2.24) is 0 Å². The van der Waals surface area contributed by atoms with Crippen molar-refractivity contribution in [3.8, 4) is 0 Å². The summed E-state index contributed by atoms with van der Waals surface area (Å²) < 4.78 is 0.412. The minimum absolute atomic E-state index is 0.412. The number of carboxylic acid groups (broad SMARTS) is 1. The summed E-state index contributed by atoms with van der Waals surface area (Å²) in [5.41, 5.74) is -0.668. The number of hydrogen-bond donors (Lipinski definition) is 1. The molecule has 0 aliphatic heterocycles. The molecule has 0 saturated carbocycles. The SMILES string of the molecule is CC(C)(C)/[N+]([O-])=C/C(=O)O. The van der Waals surface area contributed by atoms with Gasteiger partial charge in [-0.3, -0.25) is 0 Å². The first-order valence-electron chi connectivity index (χ1n) is 2.88. The van der Waals surface area contributed by atoms with Gasteiger partial charge in [0.05, 0.1) is 0 Å². The number of nitrogens with zero attached hydrogens (tertiary/aromatic N) is 1. The molecule has 4 nitrogen and oxygen atoms in total. The lowest BCUT2D eigenvalue weighted by Crippen LogP contribution is -2.30. The Morgan fingerprint density at radius 3 is 2.10 bits per heavy atom. The number of carbonyl (C=O) groups is 1. The third kappa shape index (κ3) is 3.06. The first-order valence-corrected chi connectivity index (χ1v) is 2.88. The van der Waals surface area contributed by atoms with Crippen LogP contribution in [0.2, 0.25) is 0 Å². The van der Waals surface area contributed by atoms with Crippen molar-refractivity contribution in [2.24, 2.45) is 0 Å². The summed E-state index contributed by atoms with van der Waals surface area (Å²) in [6.07, 6.45) is 0.611. The molecule has 0 bridgehead atoms. The van der Waals surface area contributed by atoms with Crippen molar-refractivity contribution in [3.63, 3.8) is 0 Å². The fourth-order valence-electron chi connectivity index (χ4n) is 0.294. The number of hydrogen-bond acceptors (Lipinski definition) is 2. The Bertz CT molecular complexity index is 166. The van der Waals surface area contributed by atoms with Crippen LogP contribution in [0.4, 0.5) is 0 Å². The van der Waals surface area contributed by atoms with Gasteiger partial charge in [0.2, 0.25) is 0 Å². The molecule has 0 aromatic rings. The predicted molar refractivity (Wildman–Crippen MR) is 37.1 cm³/mol. The monoisotopic (exact) mass is 145 g/mol. The molecule has 0 radical (unpaired) electrons. The molecule has 0 atom stereocenters. The van der Waals surface area contributed by atoms with Gasteiger partial charge in [0.25, 0.3) is 6.21 Å². The molecule has 4 heteroatoms. The van der Waals surface area contributed by atoms with Crippen molar-refractivity contribution < 1.29 is 14.6 Å². The maximum atomic E-state index is 10.8. The second kappa shape index (κ2) is 2.68. The third-order valence-electron chi connectivity index (χ3n) is 0.889. The van der Waals surface area contributed by atoms with Crippen molar-refractivity contribution in [3.05, 3.63) is 5.21 Å². The molecule has 0 saturated heterocycles. The van der Waals surface area contributed by atoms with Crippen LogP contribution in [-0.2, 0) is 4.79 Å². The maximum absolute atomic E-state index is 10.8. The molecule has 0 amide bonds. The van der Waals surface area contributed by atoms with Gasteiger partial charge >= 0.3 is 5.97 Å². The van der Waals surface area contributed by atoms with Crippen molar-refractivity contribution in [2.45, 2.75) is 26.3 Å². The summed E-state index contributed by atoms with van der Waals surface area (Å²) in [5, 5.41) is 18.9. The van der Waals surface area contributed by atoms with E-state index < -0.39 is 11.5 Å². The molecule has 0 fully saturated rings. The Morgan fingerprint density at radius 2 is 2.00 bits per heavy atom. The molecule has 0 aromatic heterocycles. The topological polar surface area (TPSA) is 63.4 Å². The van der Waals surface area contributed by atoms with Crippen LogP contribution < -0.4 is 0 Å². The number of aliphatic carboxylic acids is 1. The zero-order valence-corrected chi connectivity index (χ0v) is 6.29. The second-order valence-electron chi connectivity index (χ2n) is 2.96. The second-order valence-corrected chi connectivity index (χ2v) is 2.96.